The second kappa shape index (κ2) is 5.12. The molecule has 90 valence electrons. The van der Waals surface area contributed by atoms with Crippen molar-refractivity contribution in [2.75, 3.05) is 23.8 Å². The molecule has 0 aliphatic heterocycles. The van der Waals surface area contributed by atoms with E-state index in [-0.39, 0.29) is 30.6 Å². The van der Waals surface area contributed by atoms with Gasteiger partial charge in [-0.1, -0.05) is 0 Å². The zero-order valence-corrected chi connectivity index (χ0v) is 9.37. The topological polar surface area (TPSA) is 49.5 Å². The Labute approximate surface area is 93.5 Å². The Balaban J connectivity index is 3.17. The minimum Gasteiger partial charge on any atom is -0.395 e. The summed E-state index contributed by atoms with van der Waals surface area (Å²) in [6.45, 7) is 3.90. The van der Waals surface area contributed by atoms with Gasteiger partial charge >= 0.3 is 0 Å². The molecule has 3 nitrogen and oxygen atoms in total. The van der Waals surface area contributed by atoms with E-state index in [1.807, 2.05) is 13.8 Å². The molecule has 0 atom stereocenters. The highest BCUT2D eigenvalue weighted by Gasteiger charge is 2.16. The summed E-state index contributed by atoms with van der Waals surface area (Å²) >= 11 is 0. The summed E-state index contributed by atoms with van der Waals surface area (Å²) in [5, 5.41) is 8.91. The van der Waals surface area contributed by atoms with E-state index in [1.54, 1.807) is 4.90 Å². The van der Waals surface area contributed by atoms with Crippen molar-refractivity contribution in [1.29, 1.82) is 0 Å². The van der Waals surface area contributed by atoms with Crippen LogP contribution in [0.25, 0.3) is 0 Å². The molecule has 0 saturated carbocycles. The van der Waals surface area contributed by atoms with Crippen molar-refractivity contribution in [3.8, 4) is 0 Å². The van der Waals surface area contributed by atoms with Gasteiger partial charge in [0, 0.05) is 18.7 Å². The Bertz CT molecular complexity index is 369. The summed E-state index contributed by atoms with van der Waals surface area (Å²) in [7, 11) is 0. The molecule has 5 heteroatoms. The Morgan fingerprint density at radius 3 is 2.50 bits per heavy atom. The first-order valence-electron chi connectivity index (χ1n) is 5.09. The molecule has 0 radical (unpaired) electrons. The molecule has 3 N–H and O–H groups in total. The van der Waals surface area contributed by atoms with Crippen molar-refractivity contribution >= 4 is 11.4 Å². The number of nitrogen functional groups attached to an aromatic ring is 1. The van der Waals surface area contributed by atoms with Gasteiger partial charge in [0.2, 0.25) is 0 Å². The number of hydrogen-bond acceptors (Lipinski definition) is 3. The van der Waals surface area contributed by atoms with E-state index < -0.39 is 11.6 Å². The highest BCUT2D eigenvalue weighted by molar-refractivity contribution is 5.68. The largest absolute Gasteiger partial charge is 0.395 e. The number of nitrogens with zero attached hydrogens (tertiary/aromatic N) is 1. The first-order chi connectivity index (χ1) is 7.47. The van der Waals surface area contributed by atoms with Crippen LogP contribution in [0.1, 0.15) is 13.8 Å². The van der Waals surface area contributed by atoms with Crippen LogP contribution in [0.5, 0.6) is 0 Å². The number of rotatable bonds is 4. The summed E-state index contributed by atoms with van der Waals surface area (Å²) in [5.41, 5.74) is 5.74. The quantitative estimate of drug-likeness (QED) is 0.775. The molecular formula is C11H16F2N2O. The first kappa shape index (κ1) is 12.7. The van der Waals surface area contributed by atoms with Crippen molar-refractivity contribution in [2.24, 2.45) is 0 Å². The highest BCUT2D eigenvalue weighted by atomic mass is 19.1. The smallest absolute Gasteiger partial charge is 0.151 e. The van der Waals surface area contributed by atoms with E-state index in [4.69, 9.17) is 10.8 Å². The normalized spacial score (nSPS) is 10.9. The van der Waals surface area contributed by atoms with Crippen molar-refractivity contribution in [3.63, 3.8) is 0 Å². The van der Waals surface area contributed by atoms with Crippen LogP contribution in [-0.2, 0) is 0 Å². The fraction of sp³-hybridized carbons (Fsp3) is 0.455. The molecule has 0 aliphatic carbocycles. The average molecular weight is 230 g/mol. The lowest BCUT2D eigenvalue weighted by Crippen LogP contribution is -2.34. The lowest BCUT2D eigenvalue weighted by molar-refractivity contribution is 0.299. The van der Waals surface area contributed by atoms with Crippen molar-refractivity contribution in [1.82, 2.24) is 0 Å². The average Bonchev–Trinajstić information content (AvgIpc) is 2.20. The Kier molecular flexibility index (Phi) is 4.06. The van der Waals surface area contributed by atoms with Gasteiger partial charge in [-0.2, -0.15) is 0 Å². The van der Waals surface area contributed by atoms with Crippen LogP contribution in [0.3, 0.4) is 0 Å². The van der Waals surface area contributed by atoms with Gasteiger partial charge in [0.05, 0.1) is 18.0 Å². The summed E-state index contributed by atoms with van der Waals surface area (Å²) in [5.74, 6) is -1.45. The van der Waals surface area contributed by atoms with E-state index in [9.17, 15) is 8.78 Å². The van der Waals surface area contributed by atoms with Gasteiger partial charge in [-0.15, -0.1) is 0 Å². The van der Waals surface area contributed by atoms with E-state index in [0.29, 0.717) is 0 Å². The summed E-state index contributed by atoms with van der Waals surface area (Å²) in [4.78, 5) is 1.65. The molecule has 0 spiro atoms. The van der Waals surface area contributed by atoms with Crippen LogP contribution < -0.4 is 10.6 Å². The van der Waals surface area contributed by atoms with E-state index in [2.05, 4.69) is 0 Å². The van der Waals surface area contributed by atoms with Gasteiger partial charge < -0.3 is 15.7 Å². The number of halogens is 2. The van der Waals surface area contributed by atoms with Gasteiger partial charge in [0.25, 0.3) is 0 Å². The molecular weight excluding hydrogens is 214 g/mol. The van der Waals surface area contributed by atoms with Crippen LogP contribution in [0, 0.1) is 11.6 Å². The predicted octanol–water partition coefficient (Wildman–Crippen LogP) is 1.75. The SMILES string of the molecule is CC(C)N(CCO)c1cc(F)cc(F)c1N. The summed E-state index contributed by atoms with van der Waals surface area (Å²) in [6, 6.07) is 1.92. The van der Waals surface area contributed by atoms with E-state index >= 15 is 0 Å². The maximum atomic E-state index is 13.2. The summed E-state index contributed by atoms with van der Waals surface area (Å²) in [6.07, 6.45) is 0. The van der Waals surface area contributed by atoms with Crippen LogP contribution in [0.4, 0.5) is 20.2 Å². The zero-order chi connectivity index (χ0) is 12.3. The van der Waals surface area contributed by atoms with Crippen LogP contribution in [-0.4, -0.2) is 24.3 Å². The third-order valence-corrected chi connectivity index (χ3v) is 2.35. The molecule has 0 fully saturated rings. The first-order valence-corrected chi connectivity index (χ1v) is 5.09. The van der Waals surface area contributed by atoms with Crippen molar-refractivity contribution in [3.05, 3.63) is 23.8 Å². The number of aliphatic hydroxyl groups is 1. The van der Waals surface area contributed by atoms with Gasteiger partial charge in [-0.25, -0.2) is 8.78 Å². The monoisotopic (exact) mass is 230 g/mol. The van der Waals surface area contributed by atoms with Crippen LogP contribution in [0.15, 0.2) is 12.1 Å². The fourth-order valence-corrected chi connectivity index (χ4v) is 1.57. The number of aliphatic hydroxyl groups excluding tert-OH is 1. The minimum atomic E-state index is -0.779. The molecule has 1 aromatic rings. The number of anilines is 2. The maximum absolute atomic E-state index is 13.2. The molecule has 0 aliphatic rings. The van der Waals surface area contributed by atoms with Gasteiger partial charge in [-0.3, -0.25) is 0 Å². The second-order valence-corrected chi connectivity index (χ2v) is 3.83. The third kappa shape index (κ3) is 2.61. The van der Waals surface area contributed by atoms with Crippen LogP contribution >= 0.6 is 0 Å². The Hall–Kier alpha value is -1.36. The minimum absolute atomic E-state index is 0.00403. The molecule has 1 rings (SSSR count). The number of benzene rings is 1. The Morgan fingerprint density at radius 2 is 2.00 bits per heavy atom. The maximum Gasteiger partial charge on any atom is 0.151 e. The molecule has 0 saturated heterocycles. The molecule has 1 aromatic carbocycles. The number of nitrogens with two attached hydrogens (primary N) is 1. The fourth-order valence-electron chi connectivity index (χ4n) is 1.57. The molecule has 0 bridgehead atoms. The lowest BCUT2D eigenvalue weighted by Gasteiger charge is -2.29. The summed E-state index contributed by atoms with van der Waals surface area (Å²) < 4.78 is 26.3. The lowest BCUT2D eigenvalue weighted by atomic mass is 10.2. The zero-order valence-electron chi connectivity index (χ0n) is 9.37. The van der Waals surface area contributed by atoms with Crippen molar-refractivity contribution < 1.29 is 13.9 Å². The Morgan fingerprint density at radius 1 is 1.38 bits per heavy atom. The molecule has 0 aromatic heterocycles. The second-order valence-electron chi connectivity index (χ2n) is 3.83. The molecule has 0 heterocycles. The number of hydrogen-bond donors (Lipinski definition) is 2. The third-order valence-electron chi connectivity index (χ3n) is 2.35. The standard InChI is InChI=1S/C11H16F2N2O/c1-7(2)15(3-4-16)10-6-8(12)5-9(13)11(10)14/h5-7,16H,3-4,14H2,1-2H3. The molecule has 16 heavy (non-hydrogen) atoms. The van der Waals surface area contributed by atoms with Gasteiger partial charge in [0.15, 0.2) is 5.82 Å². The van der Waals surface area contributed by atoms with Crippen molar-refractivity contribution in [2.45, 2.75) is 19.9 Å². The highest BCUT2D eigenvalue weighted by Crippen LogP contribution is 2.28. The molecule has 0 unspecified atom stereocenters. The van der Waals surface area contributed by atoms with E-state index in [1.165, 1.54) is 6.07 Å². The van der Waals surface area contributed by atoms with Crippen LogP contribution in [0.2, 0.25) is 0 Å². The molecule has 0 amide bonds. The predicted molar refractivity (Wildman–Crippen MR) is 60.3 cm³/mol. The van der Waals surface area contributed by atoms with Gasteiger partial charge in [-0.05, 0) is 19.9 Å². The van der Waals surface area contributed by atoms with E-state index in [0.717, 1.165) is 6.07 Å². The van der Waals surface area contributed by atoms with Gasteiger partial charge in [0.1, 0.15) is 5.82 Å².